The van der Waals surface area contributed by atoms with Crippen LogP contribution in [0.1, 0.15) is 79.2 Å². The van der Waals surface area contributed by atoms with Crippen LogP contribution in [0.5, 0.6) is 0 Å². The first-order chi connectivity index (χ1) is 17.5. The Labute approximate surface area is 221 Å². The third-order valence-corrected chi connectivity index (χ3v) is 7.00. The SMILES string of the molecule is CC(C)C[C@@H](C(=O)N[C@H]1Cc2cn(c3ccccc23)CCCCCCNC1=O)C(C)C(=O)OC(C)(C)C. The molecule has 2 aromatic rings. The van der Waals surface area contributed by atoms with Gasteiger partial charge in [0.25, 0.3) is 0 Å². The van der Waals surface area contributed by atoms with E-state index in [0.717, 1.165) is 48.7 Å². The summed E-state index contributed by atoms with van der Waals surface area (Å²) in [5, 5.41) is 7.18. The summed E-state index contributed by atoms with van der Waals surface area (Å²) in [6.07, 6.45) is 7.20. The van der Waals surface area contributed by atoms with E-state index in [4.69, 9.17) is 4.74 Å². The van der Waals surface area contributed by atoms with Gasteiger partial charge in [-0.05, 0) is 57.6 Å². The number of fused-ring (bicyclic) bond motifs is 5. The number of aromatic nitrogens is 1. The number of amides is 2. The summed E-state index contributed by atoms with van der Waals surface area (Å²) in [5.74, 6) is -1.86. The Morgan fingerprint density at radius 2 is 1.81 bits per heavy atom. The normalized spacial score (nSPS) is 19.2. The van der Waals surface area contributed by atoms with Gasteiger partial charge in [0.1, 0.15) is 11.6 Å². The zero-order valence-electron chi connectivity index (χ0n) is 23.4. The molecule has 0 radical (unpaired) electrons. The minimum absolute atomic E-state index is 0.183. The lowest BCUT2D eigenvalue weighted by Gasteiger charge is -2.29. The molecule has 2 bridgehead atoms. The first-order valence-corrected chi connectivity index (χ1v) is 13.8. The van der Waals surface area contributed by atoms with Crippen LogP contribution >= 0.6 is 0 Å². The van der Waals surface area contributed by atoms with Gasteiger partial charge in [0.15, 0.2) is 0 Å². The molecule has 1 aromatic carbocycles. The first kappa shape index (κ1) is 28.7. The largest absolute Gasteiger partial charge is 0.460 e. The van der Waals surface area contributed by atoms with Crippen molar-refractivity contribution in [2.75, 3.05) is 6.54 Å². The van der Waals surface area contributed by atoms with Crippen LogP contribution in [0.3, 0.4) is 0 Å². The fourth-order valence-electron chi connectivity index (χ4n) is 5.08. The summed E-state index contributed by atoms with van der Waals surface area (Å²) in [6.45, 7) is 12.8. The molecule has 3 rings (SSSR count). The predicted molar refractivity (Wildman–Crippen MR) is 147 cm³/mol. The average Bonchev–Trinajstić information content (AvgIpc) is 3.17. The van der Waals surface area contributed by atoms with Crippen molar-refractivity contribution in [2.24, 2.45) is 17.8 Å². The van der Waals surface area contributed by atoms with Crippen molar-refractivity contribution < 1.29 is 19.1 Å². The van der Waals surface area contributed by atoms with Gasteiger partial charge in [-0.25, -0.2) is 0 Å². The average molecular weight is 512 g/mol. The number of nitrogens with one attached hydrogen (secondary N) is 2. The second-order valence-electron chi connectivity index (χ2n) is 11.9. The van der Waals surface area contributed by atoms with Crippen molar-refractivity contribution in [3.63, 3.8) is 0 Å². The molecule has 2 heterocycles. The Morgan fingerprint density at radius 1 is 1.11 bits per heavy atom. The van der Waals surface area contributed by atoms with Crippen LogP contribution in [0.25, 0.3) is 10.9 Å². The quantitative estimate of drug-likeness (QED) is 0.534. The summed E-state index contributed by atoms with van der Waals surface area (Å²) < 4.78 is 7.86. The van der Waals surface area contributed by atoms with Crippen LogP contribution in [0, 0.1) is 17.8 Å². The number of hydrogen-bond donors (Lipinski definition) is 2. The Kier molecular flexibility index (Phi) is 9.80. The summed E-state index contributed by atoms with van der Waals surface area (Å²) in [4.78, 5) is 39.8. The van der Waals surface area contributed by atoms with Gasteiger partial charge in [0.05, 0.1) is 11.8 Å². The fourth-order valence-corrected chi connectivity index (χ4v) is 5.08. The lowest BCUT2D eigenvalue weighted by atomic mass is 9.85. The highest BCUT2D eigenvalue weighted by molar-refractivity contribution is 5.92. The number of carbonyl (C=O) groups excluding carboxylic acids is 3. The molecule has 204 valence electrons. The molecule has 0 spiro atoms. The number of carbonyl (C=O) groups is 3. The Morgan fingerprint density at radius 3 is 2.51 bits per heavy atom. The zero-order chi connectivity index (χ0) is 27.2. The molecule has 1 aliphatic rings. The maximum absolute atomic E-state index is 13.7. The molecule has 0 saturated heterocycles. The van der Waals surface area contributed by atoms with E-state index in [1.54, 1.807) is 6.92 Å². The van der Waals surface area contributed by atoms with Gasteiger partial charge in [0.2, 0.25) is 11.8 Å². The molecule has 0 saturated carbocycles. The summed E-state index contributed by atoms with van der Waals surface area (Å²) in [6, 6.07) is 7.50. The van der Waals surface area contributed by atoms with E-state index < -0.39 is 29.4 Å². The second-order valence-corrected chi connectivity index (χ2v) is 11.9. The van der Waals surface area contributed by atoms with E-state index in [-0.39, 0.29) is 17.7 Å². The second kappa shape index (κ2) is 12.6. The van der Waals surface area contributed by atoms with E-state index in [9.17, 15) is 14.4 Å². The number of para-hydroxylation sites is 1. The molecular formula is C30H45N3O4. The van der Waals surface area contributed by atoms with Crippen molar-refractivity contribution in [1.82, 2.24) is 15.2 Å². The molecule has 1 aliphatic heterocycles. The summed E-state index contributed by atoms with van der Waals surface area (Å²) in [5.41, 5.74) is 1.55. The maximum atomic E-state index is 13.7. The van der Waals surface area contributed by atoms with E-state index in [1.165, 1.54) is 0 Å². The predicted octanol–water partition coefficient (Wildman–Crippen LogP) is 5.00. The molecule has 1 aromatic heterocycles. The lowest BCUT2D eigenvalue weighted by Crippen LogP contribution is -2.51. The molecule has 0 fully saturated rings. The van der Waals surface area contributed by atoms with Crippen LogP contribution in [0.15, 0.2) is 30.5 Å². The number of nitrogens with zero attached hydrogens (tertiary/aromatic N) is 1. The Bertz CT molecular complexity index is 1080. The Hall–Kier alpha value is -2.83. The number of hydrogen-bond acceptors (Lipinski definition) is 4. The number of benzene rings is 1. The summed E-state index contributed by atoms with van der Waals surface area (Å²) >= 11 is 0. The molecule has 1 unspecified atom stereocenters. The molecule has 2 N–H and O–H groups in total. The number of rotatable bonds is 6. The zero-order valence-corrected chi connectivity index (χ0v) is 23.4. The van der Waals surface area contributed by atoms with Crippen LogP contribution in [0.4, 0.5) is 0 Å². The number of esters is 1. The van der Waals surface area contributed by atoms with Gasteiger partial charge < -0.3 is 19.9 Å². The van der Waals surface area contributed by atoms with Crippen molar-refractivity contribution in [1.29, 1.82) is 0 Å². The fraction of sp³-hybridized carbons (Fsp3) is 0.633. The standard InChI is InChI=1S/C30H45N3O4/c1-20(2)17-24(21(3)29(36)37-30(4,5)6)27(34)32-25-18-22-19-33(26-14-10-9-13-23(22)26)16-12-8-7-11-15-31-28(25)35/h9-10,13-14,19-21,24-25H,7-8,11-12,15-18H2,1-6H3,(H,31,35)(H,32,34)/t21?,24-,25+/m1/s1. The number of aryl methyl sites for hydroxylation is 1. The molecule has 0 aliphatic carbocycles. The summed E-state index contributed by atoms with van der Waals surface area (Å²) in [7, 11) is 0. The lowest BCUT2D eigenvalue weighted by molar-refractivity contribution is -0.163. The highest BCUT2D eigenvalue weighted by Crippen LogP contribution is 2.26. The van der Waals surface area contributed by atoms with Crippen molar-refractivity contribution in [3.05, 3.63) is 36.0 Å². The first-order valence-electron chi connectivity index (χ1n) is 13.8. The van der Waals surface area contributed by atoms with Crippen molar-refractivity contribution >= 4 is 28.7 Å². The van der Waals surface area contributed by atoms with E-state index in [0.29, 0.717) is 19.4 Å². The van der Waals surface area contributed by atoms with Gasteiger partial charge in [-0.3, -0.25) is 14.4 Å². The van der Waals surface area contributed by atoms with Crippen LogP contribution in [0.2, 0.25) is 0 Å². The maximum Gasteiger partial charge on any atom is 0.309 e. The topological polar surface area (TPSA) is 89.4 Å². The van der Waals surface area contributed by atoms with Crippen LogP contribution in [-0.4, -0.2) is 40.5 Å². The van der Waals surface area contributed by atoms with Gasteiger partial charge in [-0.1, -0.05) is 51.8 Å². The minimum Gasteiger partial charge on any atom is -0.460 e. The van der Waals surface area contributed by atoms with Gasteiger partial charge in [0, 0.05) is 36.6 Å². The van der Waals surface area contributed by atoms with Gasteiger partial charge >= 0.3 is 5.97 Å². The highest BCUT2D eigenvalue weighted by Gasteiger charge is 2.35. The van der Waals surface area contributed by atoms with E-state index >= 15 is 0 Å². The van der Waals surface area contributed by atoms with Crippen molar-refractivity contribution in [3.8, 4) is 0 Å². The third kappa shape index (κ3) is 8.08. The van der Waals surface area contributed by atoms with E-state index in [1.807, 2.05) is 46.8 Å². The monoisotopic (exact) mass is 511 g/mol. The minimum atomic E-state index is -0.729. The van der Waals surface area contributed by atoms with Gasteiger partial charge in [-0.2, -0.15) is 0 Å². The highest BCUT2D eigenvalue weighted by atomic mass is 16.6. The van der Waals surface area contributed by atoms with E-state index in [2.05, 4.69) is 33.5 Å². The van der Waals surface area contributed by atoms with Crippen molar-refractivity contribution in [2.45, 2.75) is 98.3 Å². The molecule has 2 amide bonds. The third-order valence-electron chi connectivity index (χ3n) is 7.00. The molecule has 7 nitrogen and oxygen atoms in total. The van der Waals surface area contributed by atoms with Crippen LogP contribution in [-0.2, 0) is 32.1 Å². The number of ether oxygens (including phenoxy) is 1. The van der Waals surface area contributed by atoms with Crippen LogP contribution < -0.4 is 10.6 Å². The molecule has 3 atom stereocenters. The molecule has 37 heavy (non-hydrogen) atoms. The molecule has 7 heteroatoms. The van der Waals surface area contributed by atoms with Gasteiger partial charge in [-0.15, -0.1) is 0 Å². The molecular weight excluding hydrogens is 466 g/mol. The smallest absolute Gasteiger partial charge is 0.309 e. The Balaban J connectivity index is 1.89.